The third kappa shape index (κ3) is 4.82. The molecule has 3 rings (SSSR count). The number of hydrogen-bond acceptors (Lipinski definition) is 6. The number of hydrogen-bond donors (Lipinski definition) is 1. The van der Waals surface area contributed by atoms with E-state index in [1.54, 1.807) is 28.8 Å². The van der Waals surface area contributed by atoms with Gasteiger partial charge in [0.05, 0.1) is 27.6 Å². The summed E-state index contributed by atoms with van der Waals surface area (Å²) < 4.78 is 14.8. The molecule has 0 aliphatic heterocycles. The zero-order chi connectivity index (χ0) is 21.7. The summed E-state index contributed by atoms with van der Waals surface area (Å²) in [4.78, 5) is 40.0. The molecule has 0 atom stereocenters. The molecular weight excluding hydrogens is 411 g/mol. The number of para-hydroxylation sites is 1. The van der Waals surface area contributed by atoms with Crippen LogP contribution in [0.5, 0.6) is 0 Å². The molecule has 10 heteroatoms. The zero-order valence-electron chi connectivity index (χ0n) is 16.1. The first-order chi connectivity index (χ1) is 14.4. The van der Waals surface area contributed by atoms with Crippen LogP contribution >= 0.6 is 11.8 Å². The molecule has 156 valence electrons. The largest absolute Gasteiger partial charge is 0.320 e. The predicted molar refractivity (Wildman–Crippen MR) is 113 cm³/mol. The van der Waals surface area contributed by atoms with Crippen LogP contribution in [0.25, 0.3) is 10.9 Å². The van der Waals surface area contributed by atoms with Crippen molar-refractivity contribution >= 4 is 39.9 Å². The number of thioether (sulfide) groups is 1. The van der Waals surface area contributed by atoms with Crippen LogP contribution in [0.4, 0.5) is 15.8 Å². The second-order valence-corrected chi connectivity index (χ2v) is 7.42. The van der Waals surface area contributed by atoms with E-state index in [4.69, 9.17) is 0 Å². The summed E-state index contributed by atoms with van der Waals surface area (Å²) in [6.07, 6.45) is 1.67. The number of fused-ring (bicyclic) bond motifs is 1. The molecule has 0 unspecified atom stereocenters. The third-order valence-corrected chi connectivity index (χ3v) is 5.30. The first-order valence-corrected chi connectivity index (χ1v) is 10.3. The normalized spacial score (nSPS) is 10.9. The highest BCUT2D eigenvalue weighted by atomic mass is 32.2. The smallest absolute Gasteiger partial charge is 0.295 e. The lowest BCUT2D eigenvalue weighted by atomic mass is 10.2. The second-order valence-electron chi connectivity index (χ2n) is 6.48. The highest BCUT2D eigenvalue weighted by Gasteiger charge is 2.18. The van der Waals surface area contributed by atoms with Crippen LogP contribution in [-0.2, 0) is 11.3 Å². The molecule has 30 heavy (non-hydrogen) atoms. The highest BCUT2D eigenvalue weighted by Crippen LogP contribution is 2.26. The zero-order valence-corrected chi connectivity index (χ0v) is 16.9. The Balaban J connectivity index is 1.82. The van der Waals surface area contributed by atoms with E-state index in [-0.39, 0.29) is 17.0 Å². The van der Waals surface area contributed by atoms with Crippen LogP contribution in [0.15, 0.2) is 52.4 Å². The van der Waals surface area contributed by atoms with E-state index in [9.17, 15) is 24.1 Å². The summed E-state index contributed by atoms with van der Waals surface area (Å²) >= 11 is 1.07. The lowest BCUT2D eigenvalue weighted by molar-refractivity contribution is -0.384. The number of carbonyl (C=O) groups is 1. The number of unbranched alkanes of at least 4 members (excludes halogenated alkanes) is 1. The summed E-state index contributed by atoms with van der Waals surface area (Å²) in [6, 6.07) is 9.90. The average molecular weight is 430 g/mol. The van der Waals surface area contributed by atoms with Crippen molar-refractivity contribution in [3.05, 3.63) is 68.7 Å². The van der Waals surface area contributed by atoms with E-state index in [1.165, 1.54) is 0 Å². The van der Waals surface area contributed by atoms with E-state index >= 15 is 0 Å². The molecule has 8 nitrogen and oxygen atoms in total. The number of nitrogens with one attached hydrogen (secondary N) is 1. The molecule has 0 fully saturated rings. The van der Waals surface area contributed by atoms with Gasteiger partial charge in [-0.05, 0) is 30.7 Å². The van der Waals surface area contributed by atoms with Crippen molar-refractivity contribution < 1.29 is 14.1 Å². The molecule has 0 saturated heterocycles. The average Bonchev–Trinajstić information content (AvgIpc) is 2.73. The molecular formula is C20H19FN4O4S. The number of anilines is 1. The van der Waals surface area contributed by atoms with Gasteiger partial charge in [-0.2, -0.15) is 0 Å². The fourth-order valence-corrected chi connectivity index (χ4v) is 3.67. The van der Waals surface area contributed by atoms with Gasteiger partial charge in [0.2, 0.25) is 5.91 Å². The first kappa shape index (κ1) is 21.4. The Bertz CT molecular complexity index is 1170. The van der Waals surface area contributed by atoms with Gasteiger partial charge in [0.15, 0.2) is 5.16 Å². The van der Waals surface area contributed by atoms with Gasteiger partial charge in [0, 0.05) is 6.54 Å². The van der Waals surface area contributed by atoms with Crippen LogP contribution in [-0.4, -0.2) is 26.1 Å². The Labute approximate surface area is 175 Å². The van der Waals surface area contributed by atoms with E-state index in [0.717, 1.165) is 42.8 Å². The van der Waals surface area contributed by atoms with Gasteiger partial charge < -0.3 is 5.32 Å². The maximum atomic E-state index is 13.3. The van der Waals surface area contributed by atoms with Crippen molar-refractivity contribution in [1.29, 1.82) is 0 Å². The van der Waals surface area contributed by atoms with Crippen molar-refractivity contribution in [2.24, 2.45) is 0 Å². The van der Waals surface area contributed by atoms with E-state index in [1.807, 2.05) is 6.92 Å². The number of nitro benzene ring substituents is 1. The maximum Gasteiger partial charge on any atom is 0.295 e. The van der Waals surface area contributed by atoms with Crippen LogP contribution in [0.3, 0.4) is 0 Å². The van der Waals surface area contributed by atoms with Gasteiger partial charge in [-0.15, -0.1) is 0 Å². The fourth-order valence-electron chi connectivity index (χ4n) is 2.85. The molecule has 1 aromatic heterocycles. The monoisotopic (exact) mass is 430 g/mol. The van der Waals surface area contributed by atoms with Crippen LogP contribution < -0.4 is 10.9 Å². The topological polar surface area (TPSA) is 107 Å². The van der Waals surface area contributed by atoms with Crippen LogP contribution in [0.2, 0.25) is 0 Å². The lowest BCUT2D eigenvalue weighted by Gasteiger charge is -2.13. The van der Waals surface area contributed by atoms with Gasteiger partial charge in [0.1, 0.15) is 11.5 Å². The number of benzene rings is 2. The lowest BCUT2D eigenvalue weighted by Crippen LogP contribution is -2.24. The van der Waals surface area contributed by atoms with Gasteiger partial charge in [-0.25, -0.2) is 9.37 Å². The minimum atomic E-state index is -0.769. The maximum absolute atomic E-state index is 13.3. The number of nitrogens with zero attached hydrogens (tertiary/aromatic N) is 3. The van der Waals surface area contributed by atoms with E-state index in [0.29, 0.717) is 22.6 Å². The number of nitro groups is 1. The first-order valence-electron chi connectivity index (χ1n) is 9.27. The summed E-state index contributed by atoms with van der Waals surface area (Å²) in [5.74, 6) is -1.42. The number of rotatable bonds is 8. The Morgan fingerprint density at radius 3 is 2.80 bits per heavy atom. The molecule has 0 radical (unpaired) electrons. The minimum Gasteiger partial charge on any atom is -0.320 e. The molecule has 0 aliphatic carbocycles. The molecule has 1 amide bonds. The second kappa shape index (κ2) is 9.49. The predicted octanol–water partition coefficient (Wildman–Crippen LogP) is 3.97. The van der Waals surface area contributed by atoms with Crippen LogP contribution in [0, 0.1) is 15.9 Å². The van der Waals surface area contributed by atoms with Crippen molar-refractivity contribution in [3.8, 4) is 0 Å². The molecule has 0 aliphatic rings. The highest BCUT2D eigenvalue weighted by molar-refractivity contribution is 7.99. The third-order valence-electron chi connectivity index (χ3n) is 4.32. The summed E-state index contributed by atoms with van der Waals surface area (Å²) in [7, 11) is 0. The van der Waals surface area contributed by atoms with Crippen molar-refractivity contribution in [2.75, 3.05) is 11.1 Å². The summed E-state index contributed by atoms with van der Waals surface area (Å²) in [5.41, 5.74) is -0.266. The van der Waals surface area contributed by atoms with Gasteiger partial charge in [-0.1, -0.05) is 37.2 Å². The van der Waals surface area contributed by atoms with E-state index in [2.05, 4.69) is 10.3 Å². The Hall–Kier alpha value is -3.27. The summed E-state index contributed by atoms with van der Waals surface area (Å²) in [6.45, 7) is 2.48. The van der Waals surface area contributed by atoms with Crippen molar-refractivity contribution in [2.45, 2.75) is 31.5 Å². The molecule has 0 saturated carbocycles. The van der Waals surface area contributed by atoms with Gasteiger partial charge >= 0.3 is 0 Å². The molecule has 0 bridgehead atoms. The Morgan fingerprint density at radius 2 is 2.07 bits per heavy atom. The molecule has 1 N–H and O–H groups in total. The van der Waals surface area contributed by atoms with Crippen LogP contribution in [0.1, 0.15) is 19.8 Å². The van der Waals surface area contributed by atoms with Gasteiger partial charge in [-0.3, -0.25) is 24.3 Å². The van der Waals surface area contributed by atoms with Crippen molar-refractivity contribution in [1.82, 2.24) is 9.55 Å². The number of amides is 1. The summed E-state index contributed by atoms with van der Waals surface area (Å²) in [5, 5.41) is 14.4. The number of aromatic nitrogens is 2. The van der Waals surface area contributed by atoms with Crippen molar-refractivity contribution in [3.63, 3.8) is 0 Å². The standard InChI is InChI=1S/C20H19FN4O4S/c1-2-3-10-24-19(27)14-6-4-5-7-15(14)23-20(24)30-12-18(26)22-16-9-8-13(21)11-17(16)25(28)29/h4-9,11H,2-3,10,12H2,1H3,(H,22,26). The molecule has 3 aromatic rings. The Morgan fingerprint density at radius 1 is 1.30 bits per heavy atom. The SMILES string of the molecule is CCCCn1c(SCC(=O)Nc2ccc(F)cc2[N+](=O)[O-])nc2ccccc2c1=O. The molecule has 2 aromatic carbocycles. The van der Waals surface area contributed by atoms with E-state index < -0.39 is 22.3 Å². The fraction of sp³-hybridized carbons (Fsp3) is 0.250. The van der Waals surface area contributed by atoms with Gasteiger partial charge in [0.25, 0.3) is 11.2 Å². The molecule has 0 spiro atoms. The number of halogens is 1. The molecule has 1 heterocycles. The number of carbonyl (C=O) groups excluding carboxylic acids is 1. The quantitative estimate of drug-likeness (QED) is 0.251. The minimum absolute atomic E-state index is 0.0955. The Kier molecular flexibility index (Phi) is 6.78.